The molecule has 0 aromatic carbocycles. The van der Waals surface area contributed by atoms with Gasteiger partial charge in [0.15, 0.2) is 0 Å². The average molecular weight is 268 g/mol. The van der Waals surface area contributed by atoms with Crippen molar-refractivity contribution in [3.05, 3.63) is 0 Å². The van der Waals surface area contributed by atoms with E-state index in [-0.39, 0.29) is 11.8 Å². The molecule has 0 aliphatic carbocycles. The lowest BCUT2D eigenvalue weighted by Gasteiger charge is -2.31. The van der Waals surface area contributed by atoms with Crippen LogP contribution in [-0.4, -0.2) is 47.8 Å². The first-order chi connectivity index (χ1) is 8.91. The van der Waals surface area contributed by atoms with E-state index in [2.05, 4.69) is 27.7 Å². The van der Waals surface area contributed by atoms with E-state index in [1.807, 2.05) is 0 Å². The molecule has 1 heterocycles. The molecule has 0 N–H and O–H groups in total. The van der Waals surface area contributed by atoms with E-state index in [0.29, 0.717) is 24.9 Å². The molecule has 0 spiro atoms. The summed E-state index contributed by atoms with van der Waals surface area (Å²) in [7, 11) is 0. The van der Waals surface area contributed by atoms with E-state index in [1.54, 1.807) is 9.80 Å². The number of carbonyl (C=O) groups is 2. The molecule has 2 amide bonds. The van der Waals surface area contributed by atoms with Gasteiger partial charge in [0.05, 0.1) is 0 Å². The molecule has 0 aromatic heterocycles. The van der Waals surface area contributed by atoms with Crippen LogP contribution in [0.25, 0.3) is 0 Å². The Morgan fingerprint density at radius 2 is 1.42 bits per heavy atom. The SMILES string of the molecule is CC(C)CN(CC(C)C)C(=O)C(=O)N1CCCCC1. The molecule has 1 rings (SSSR count). The van der Waals surface area contributed by atoms with E-state index < -0.39 is 0 Å². The third-order valence-corrected chi connectivity index (χ3v) is 3.28. The average Bonchev–Trinajstić information content (AvgIpc) is 2.36. The number of hydrogen-bond acceptors (Lipinski definition) is 2. The highest BCUT2D eigenvalue weighted by Gasteiger charge is 2.28. The lowest BCUT2D eigenvalue weighted by atomic mass is 10.1. The Morgan fingerprint density at radius 1 is 0.947 bits per heavy atom. The minimum atomic E-state index is -0.315. The minimum absolute atomic E-state index is 0.305. The summed E-state index contributed by atoms with van der Waals surface area (Å²) in [5.41, 5.74) is 0. The fourth-order valence-electron chi connectivity index (χ4n) is 2.49. The van der Waals surface area contributed by atoms with Gasteiger partial charge in [-0.3, -0.25) is 9.59 Å². The molecular weight excluding hydrogens is 240 g/mol. The summed E-state index contributed by atoms with van der Waals surface area (Å²) in [6, 6.07) is 0. The van der Waals surface area contributed by atoms with Crippen molar-refractivity contribution in [3.8, 4) is 0 Å². The van der Waals surface area contributed by atoms with Gasteiger partial charge >= 0.3 is 11.8 Å². The van der Waals surface area contributed by atoms with E-state index >= 15 is 0 Å². The zero-order chi connectivity index (χ0) is 14.4. The standard InChI is InChI=1S/C15H28N2O2/c1-12(2)10-17(11-13(3)4)15(19)14(18)16-8-6-5-7-9-16/h12-13H,5-11H2,1-4H3. The molecule has 0 radical (unpaired) electrons. The van der Waals surface area contributed by atoms with Gasteiger partial charge in [-0.1, -0.05) is 27.7 Å². The van der Waals surface area contributed by atoms with Crippen LogP contribution in [-0.2, 0) is 9.59 Å². The number of hydrogen-bond donors (Lipinski definition) is 0. The summed E-state index contributed by atoms with van der Waals surface area (Å²) in [6.45, 7) is 11.1. The Labute approximate surface area is 117 Å². The van der Waals surface area contributed by atoms with Gasteiger partial charge in [0.25, 0.3) is 0 Å². The second kappa shape index (κ2) is 7.51. The molecule has 0 atom stereocenters. The van der Waals surface area contributed by atoms with Gasteiger partial charge < -0.3 is 9.80 Å². The van der Waals surface area contributed by atoms with Crippen molar-refractivity contribution in [2.45, 2.75) is 47.0 Å². The fourth-order valence-corrected chi connectivity index (χ4v) is 2.49. The van der Waals surface area contributed by atoms with Gasteiger partial charge in [0.1, 0.15) is 0 Å². The Kier molecular flexibility index (Phi) is 6.32. The number of piperidine rings is 1. The molecular formula is C15H28N2O2. The maximum Gasteiger partial charge on any atom is 0.312 e. The van der Waals surface area contributed by atoms with Gasteiger partial charge in [-0.05, 0) is 31.1 Å². The van der Waals surface area contributed by atoms with Gasteiger partial charge in [-0.25, -0.2) is 0 Å². The molecule has 1 aliphatic rings. The lowest BCUT2D eigenvalue weighted by molar-refractivity contribution is -0.153. The van der Waals surface area contributed by atoms with Gasteiger partial charge in [0, 0.05) is 26.2 Å². The summed E-state index contributed by atoms with van der Waals surface area (Å²) in [5.74, 6) is 0.152. The number of rotatable bonds is 4. The highest BCUT2D eigenvalue weighted by atomic mass is 16.2. The molecule has 4 heteroatoms. The van der Waals surface area contributed by atoms with Crippen molar-refractivity contribution in [2.75, 3.05) is 26.2 Å². The molecule has 0 aromatic rings. The smallest absolute Gasteiger partial charge is 0.312 e. The van der Waals surface area contributed by atoms with Crippen molar-refractivity contribution in [1.29, 1.82) is 0 Å². The third kappa shape index (κ3) is 5.21. The Bertz CT molecular complexity index is 297. The summed E-state index contributed by atoms with van der Waals surface area (Å²) < 4.78 is 0. The highest BCUT2D eigenvalue weighted by molar-refractivity contribution is 6.34. The molecule has 4 nitrogen and oxygen atoms in total. The summed E-state index contributed by atoms with van der Waals surface area (Å²) >= 11 is 0. The van der Waals surface area contributed by atoms with Crippen LogP contribution >= 0.6 is 0 Å². The summed E-state index contributed by atoms with van der Waals surface area (Å²) in [6.07, 6.45) is 3.21. The van der Waals surface area contributed by atoms with Crippen LogP contribution in [0.4, 0.5) is 0 Å². The van der Waals surface area contributed by atoms with Crippen molar-refractivity contribution in [1.82, 2.24) is 9.80 Å². The normalized spacial score (nSPS) is 16.0. The number of carbonyl (C=O) groups excluding carboxylic acids is 2. The van der Waals surface area contributed by atoms with Crippen molar-refractivity contribution < 1.29 is 9.59 Å². The molecule has 0 saturated carbocycles. The van der Waals surface area contributed by atoms with Crippen LogP contribution in [0, 0.1) is 11.8 Å². The third-order valence-electron chi connectivity index (χ3n) is 3.28. The first-order valence-electron chi connectivity index (χ1n) is 7.50. The predicted octanol–water partition coefficient (Wildman–Crippen LogP) is 2.14. The number of nitrogens with zero attached hydrogens (tertiary/aromatic N) is 2. The van der Waals surface area contributed by atoms with Crippen molar-refractivity contribution in [3.63, 3.8) is 0 Å². The molecule has 1 aliphatic heterocycles. The largest absolute Gasteiger partial charge is 0.334 e. The summed E-state index contributed by atoms with van der Waals surface area (Å²) in [4.78, 5) is 28.0. The topological polar surface area (TPSA) is 40.6 Å². The fraction of sp³-hybridized carbons (Fsp3) is 0.867. The molecule has 1 fully saturated rings. The van der Waals surface area contributed by atoms with Crippen LogP contribution in [0.3, 0.4) is 0 Å². The second-order valence-corrected chi connectivity index (χ2v) is 6.35. The maximum atomic E-state index is 12.3. The van der Waals surface area contributed by atoms with E-state index in [0.717, 1.165) is 25.9 Å². The van der Waals surface area contributed by atoms with Crippen molar-refractivity contribution in [2.24, 2.45) is 11.8 Å². The first-order valence-corrected chi connectivity index (χ1v) is 7.50. The van der Waals surface area contributed by atoms with Crippen molar-refractivity contribution >= 4 is 11.8 Å². The quantitative estimate of drug-likeness (QED) is 0.733. The molecule has 1 saturated heterocycles. The van der Waals surface area contributed by atoms with Gasteiger partial charge in [0.2, 0.25) is 0 Å². The Morgan fingerprint density at radius 3 is 1.84 bits per heavy atom. The number of likely N-dealkylation sites (tertiary alicyclic amines) is 1. The van der Waals surface area contributed by atoms with E-state index in [1.165, 1.54) is 6.42 Å². The molecule has 19 heavy (non-hydrogen) atoms. The molecule has 0 bridgehead atoms. The Hall–Kier alpha value is -1.06. The van der Waals surface area contributed by atoms with E-state index in [4.69, 9.17) is 0 Å². The first kappa shape index (κ1) is 16.0. The maximum absolute atomic E-state index is 12.3. The zero-order valence-corrected chi connectivity index (χ0v) is 12.8. The molecule has 110 valence electrons. The van der Waals surface area contributed by atoms with Gasteiger partial charge in [-0.2, -0.15) is 0 Å². The monoisotopic (exact) mass is 268 g/mol. The second-order valence-electron chi connectivity index (χ2n) is 6.35. The van der Waals surface area contributed by atoms with Gasteiger partial charge in [-0.15, -0.1) is 0 Å². The zero-order valence-electron chi connectivity index (χ0n) is 12.8. The molecule has 0 unspecified atom stereocenters. The Balaban J connectivity index is 2.65. The van der Waals surface area contributed by atoms with Crippen LogP contribution in [0.2, 0.25) is 0 Å². The van der Waals surface area contributed by atoms with E-state index in [9.17, 15) is 9.59 Å². The minimum Gasteiger partial charge on any atom is -0.334 e. The van der Waals surface area contributed by atoms with Crippen LogP contribution < -0.4 is 0 Å². The lowest BCUT2D eigenvalue weighted by Crippen LogP contribution is -2.48. The number of amides is 2. The summed E-state index contributed by atoms with van der Waals surface area (Å²) in [5, 5.41) is 0. The van der Waals surface area contributed by atoms with Crippen LogP contribution in [0.1, 0.15) is 47.0 Å². The van der Waals surface area contributed by atoms with Crippen LogP contribution in [0.15, 0.2) is 0 Å². The van der Waals surface area contributed by atoms with Crippen LogP contribution in [0.5, 0.6) is 0 Å². The highest BCUT2D eigenvalue weighted by Crippen LogP contribution is 2.11. The predicted molar refractivity (Wildman–Crippen MR) is 76.7 cm³/mol.